The SMILES string of the molecule is CC(C)CNC(=NCC(=O)N(C)C)N(C)Cc1ccc(Cl)cc1.I. The lowest BCUT2D eigenvalue weighted by Gasteiger charge is -2.23. The fourth-order valence-electron chi connectivity index (χ4n) is 1.83. The molecule has 0 atom stereocenters. The number of hydrogen-bond acceptors (Lipinski definition) is 2. The summed E-state index contributed by atoms with van der Waals surface area (Å²) < 4.78 is 0. The molecule has 1 N–H and O–H groups in total. The van der Waals surface area contributed by atoms with Crippen molar-refractivity contribution in [2.24, 2.45) is 10.9 Å². The van der Waals surface area contributed by atoms with Gasteiger partial charge < -0.3 is 15.1 Å². The molecule has 0 aliphatic carbocycles. The Hall–Kier alpha value is -1.02. The molecule has 0 aliphatic rings. The van der Waals surface area contributed by atoms with Gasteiger partial charge in [0.2, 0.25) is 5.91 Å². The first-order valence-corrected chi connectivity index (χ1v) is 8.11. The second-order valence-electron chi connectivity index (χ2n) is 6.19. The average molecular weight is 467 g/mol. The number of carbonyl (C=O) groups is 1. The van der Waals surface area contributed by atoms with Gasteiger partial charge in [0.05, 0.1) is 0 Å². The van der Waals surface area contributed by atoms with Crippen LogP contribution in [0.2, 0.25) is 5.02 Å². The van der Waals surface area contributed by atoms with E-state index in [2.05, 4.69) is 24.2 Å². The highest BCUT2D eigenvalue weighted by molar-refractivity contribution is 14.0. The molecule has 0 unspecified atom stereocenters. The van der Waals surface area contributed by atoms with Gasteiger partial charge in [0.25, 0.3) is 0 Å². The quantitative estimate of drug-likeness (QED) is 0.398. The Labute approximate surface area is 167 Å². The summed E-state index contributed by atoms with van der Waals surface area (Å²) in [5.41, 5.74) is 1.13. The number of likely N-dealkylation sites (N-methyl/N-ethyl adjacent to an activating group) is 1. The summed E-state index contributed by atoms with van der Waals surface area (Å²) in [5.74, 6) is 1.20. The third kappa shape index (κ3) is 8.73. The smallest absolute Gasteiger partial charge is 0.243 e. The lowest BCUT2D eigenvalue weighted by atomic mass is 10.2. The molecule has 1 rings (SSSR count). The molecule has 0 heterocycles. The van der Waals surface area contributed by atoms with E-state index in [1.807, 2.05) is 36.2 Å². The van der Waals surface area contributed by atoms with Crippen LogP contribution in [0.5, 0.6) is 0 Å². The Morgan fingerprint density at radius 1 is 1.21 bits per heavy atom. The van der Waals surface area contributed by atoms with Crippen molar-refractivity contribution in [3.05, 3.63) is 34.9 Å². The molecule has 24 heavy (non-hydrogen) atoms. The lowest BCUT2D eigenvalue weighted by Crippen LogP contribution is -2.41. The number of rotatable bonds is 6. The second kappa shape index (κ2) is 11.5. The zero-order valence-electron chi connectivity index (χ0n) is 15.0. The van der Waals surface area contributed by atoms with Crippen LogP contribution in [0.4, 0.5) is 0 Å². The molecule has 0 radical (unpaired) electrons. The minimum Gasteiger partial charge on any atom is -0.356 e. The van der Waals surface area contributed by atoms with Gasteiger partial charge in [0.15, 0.2) is 5.96 Å². The van der Waals surface area contributed by atoms with Gasteiger partial charge in [-0.15, -0.1) is 24.0 Å². The van der Waals surface area contributed by atoms with E-state index in [1.165, 1.54) is 0 Å². The molecule has 7 heteroatoms. The Bertz CT molecular complexity index is 532. The van der Waals surface area contributed by atoms with Crippen molar-refractivity contribution in [1.29, 1.82) is 0 Å². The molecule has 0 aromatic heterocycles. The van der Waals surface area contributed by atoms with E-state index < -0.39 is 0 Å². The molecule has 0 fully saturated rings. The highest BCUT2D eigenvalue weighted by Crippen LogP contribution is 2.11. The summed E-state index contributed by atoms with van der Waals surface area (Å²) in [7, 11) is 5.42. The number of benzene rings is 1. The third-order valence-electron chi connectivity index (χ3n) is 3.23. The Balaban J connectivity index is 0.00000529. The van der Waals surface area contributed by atoms with E-state index in [9.17, 15) is 4.79 Å². The van der Waals surface area contributed by atoms with Gasteiger partial charge in [-0.3, -0.25) is 4.79 Å². The van der Waals surface area contributed by atoms with Gasteiger partial charge in [-0.2, -0.15) is 0 Å². The molecular weight excluding hydrogens is 439 g/mol. The van der Waals surface area contributed by atoms with Crippen molar-refractivity contribution >= 4 is 47.4 Å². The van der Waals surface area contributed by atoms with E-state index >= 15 is 0 Å². The summed E-state index contributed by atoms with van der Waals surface area (Å²) >= 11 is 5.92. The van der Waals surface area contributed by atoms with Crippen molar-refractivity contribution in [1.82, 2.24) is 15.1 Å². The summed E-state index contributed by atoms with van der Waals surface area (Å²) in [4.78, 5) is 19.8. The first kappa shape index (κ1) is 23.0. The molecule has 0 saturated carbocycles. The van der Waals surface area contributed by atoms with E-state index in [0.717, 1.165) is 23.1 Å². The Morgan fingerprint density at radius 3 is 2.29 bits per heavy atom. The van der Waals surface area contributed by atoms with Crippen LogP contribution in [-0.4, -0.2) is 55.9 Å². The number of amides is 1. The van der Waals surface area contributed by atoms with Crippen molar-refractivity contribution in [3.8, 4) is 0 Å². The number of hydrogen-bond donors (Lipinski definition) is 1. The van der Waals surface area contributed by atoms with Crippen LogP contribution in [0.15, 0.2) is 29.3 Å². The Morgan fingerprint density at radius 2 is 1.79 bits per heavy atom. The molecule has 1 aromatic rings. The molecule has 136 valence electrons. The van der Waals surface area contributed by atoms with E-state index in [0.29, 0.717) is 12.5 Å². The maximum absolute atomic E-state index is 11.8. The molecule has 1 aromatic carbocycles. The van der Waals surface area contributed by atoms with E-state index in [-0.39, 0.29) is 36.4 Å². The predicted octanol–water partition coefficient (Wildman–Crippen LogP) is 3.08. The van der Waals surface area contributed by atoms with Crippen molar-refractivity contribution in [2.75, 3.05) is 34.2 Å². The van der Waals surface area contributed by atoms with Crippen molar-refractivity contribution in [2.45, 2.75) is 20.4 Å². The maximum Gasteiger partial charge on any atom is 0.243 e. The number of aliphatic imine (C=N–C) groups is 1. The zero-order valence-corrected chi connectivity index (χ0v) is 18.1. The van der Waals surface area contributed by atoms with Crippen LogP contribution >= 0.6 is 35.6 Å². The standard InChI is InChI=1S/C17H27ClN4O.HI/c1-13(2)10-19-17(20-11-16(23)21(3)4)22(5)12-14-6-8-15(18)9-7-14;/h6-9,13H,10-12H2,1-5H3,(H,19,20);1H. The van der Waals surface area contributed by atoms with Gasteiger partial charge in [-0.05, 0) is 23.6 Å². The first-order chi connectivity index (χ1) is 10.8. The molecule has 5 nitrogen and oxygen atoms in total. The minimum atomic E-state index is -0.0197. The summed E-state index contributed by atoms with van der Waals surface area (Å²) in [6.45, 7) is 5.90. The van der Waals surface area contributed by atoms with Crippen molar-refractivity contribution < 1.29 is 4.79 Å². The number of nitrogens with zero attached hydrogens (tertiary/aromatic N) is 3. The summed E-state index contributed by atoms with van der Waals surface area (Å²) in [5, 5.41) is 4.05. The van der Waals surface area contributed by atoms with Crippen LogP contribution in [0.25, 0.3) is 0 Å². The summed E-state index contributed by atoms with van der Waals surface area (Å²) in [6, 6.07) is 7.73. The lowest BCUT2D eigenvalue weighted by molar-refractivity contribution is -0.127. The van der Waals surface area contributed by atoms with Gasteiger partial charge in [0, 0.05) is 39.3 Å². The fourth-order valence-corrected chi connectivity index (χ4v) is 1.96. The highest BCUT2D eigenvalue weighted by Gasteiger charge is 2.10. The minimum absolute atomic E-state index is 0. The number of carbonyl (C=O) groups excluding carboxylic acids is 1. The third-order valence-corrected chi connectivity index (χ3v) is 3.48. The van der Waals surface area contributed by atoms with Crippen molar-refractivity contribution in [3.63, 3.8) is 0 Å². The largest absolute Gasteiger partial charge is 0.356 e. The molecule has 0 saturated heterocycles. The number of halogens is 2. The van der Waals surface area contributed by atoms with Crippen LogP contribution in [-0.2, 0) is 11.3 Å². The summed E-state index contributed by atoms with van der Waals surface area (Å²) in [6.07, 6.45) is 0. The van der Waals surface area contributed by atoms with Crippen LogP contribution < -0.4 is 5.32 Å². The predicted molar refractivity (Wildman–Crippen MR) is 112 cm³/mol. The maximum atomic E-state index is 11.8. The van der Waals surface area contributed by atoms with Gasteiger partial charge in [0.1, 0.15) is 6.54 Å². The van der Waals surface area contributed by atoms with Crippen LogP contribution in [0, 0.1) is 5.92 Å². The molecular formula is C17H28ClIN4O. The van der Waals surface area contributed by atoms with Gasteiger partial charge in [-0.25, -0.2) is 4.99 Å². The fraction of sp³-hybridized carbons (Fsp3) is 0.529. The van der Waals surface area contributed by atoms with E-state index in [4.69, 9.17) is 11.6 Å². The number of nitrogens with one attached hydrogen (secondary N) is 1. The second-order valence-corrected chi connectivity index (χ2v) is 6.62. The molecule has 0 bridgehead atoms. The van der Waals surface area contributed by atoms with Crippen LogP contribution in [0.3, 0.4) is 0 Å². The normalized spacial score (nSPS) is 11.0. The Kier molecular flexibility index (Phi) is 11.0. The molecule has 1 amide bonds. The van der Waals surface area contributed by atoms with Gasteiger partial charge in [-0.1, -0.05) is 37.6 Å². The first-order valence-electron chi connectivity index (χ1n) is 7.73. The molecule has 0 aliphatic heterocycles. The number of guanidine groups is 1. The van der Waals surface area contributed by atoms with Crippen LogP contribution in [0.1, 0.15) is 19.4 Å². The highest BCUT2D eigenvalue weighted by atomic mass is 127. The van der Waals surface area contributed by atoms with Gasteiger partial charge >= 0.3 is 0 Å². The molecule has 0 spiro atoms. The van der Waals surface area contributed by atoms with E-state index in [1.54, 1.807) is 19.0 Å². The zero-order chi connectivity index (χ0) is 17.4. The topological polar surface area (TPSA) is 47.9 Å². The monoisotopic (exact) mass is 466 g/mol. The average Bonchev–Trinajstić information content (AvgIpc) is 2.48.